The average Bonchev–Trinajstić information content (AvgIpc) is 2.03. The maximum atomic E-state index is 10.4. The molecule has 0 aliphatic carbocycles. The topological polar surface area (TPSA) is 94.8 Å². The minimum Gasteiger partial charge on any atom is -0.507 e. The van der Waals surface area contributed by atoms with Gasteiger partial charge in [0.05, 0.1) is 5.56 Å². The lowest BCUT2D eigenvalue weighted by molar-refractivity contribution is 0.0678. The molecule has 0 fully saturated rings. The molecule has 0 unspecified atom stereocenters. The molecule has 0 aliphatic heterocycles. The van der Waals surface area contributed by atoms with Crippen LogP contribution >= 0.6 is 0 Å². The molecule has 0 aromatic heterocycles. The van der Waals surface area contributed by atoms with Crippen molar-refractivity contribution in [2.45, 2.75) is 0 Å². The van der Waals surface area contributed by atoms with Crippen molar-refractivity contribution in [2.24, 2.45) is 0 Å². The molecule has 0 saturated carbocycles. The summed E-state index contributed by atoms with van der Waals surface area (Å²) in [5.41, 5.74) is -0.465. The second kappa shape index (κ2) is 4.65. The van der Waals surface area contributed by atoms with Crippen molar-refractivity contribution in [1.29, 1.82) is 0 Å². The Bertz CT molecular complexity index is 374. The normalized spacial score (nSPS) is 8.86. The van der Waals surface area contributed by atoms with Gasteiger partial charge in [0.1, 0.15) is 11.3 Å². The number of carboxylic acid groups (broad SMARTS) is 2. The summed E-state index contributed by atoms with van der Waals surface area (Å²) >= 11 is 0. The summed E-state index contributed by atoms with van der Waals surface area (Å²) in [6, 6.07) is 3.05. The third kappa shape index (κ3) is 2.49. The van der Waals surface area contributed by atoms with E-state index in [-0.39, 0.29) is 28.5 Å². The lowest BCUT2D eigenvalue weighted by Gasteiger charge is -1.99. The summed E-state index contributed by atoms with van der Waals surface area (Å²) in [5, 5.41) is 26.0. The highest BCUT2D eigenvalue weighted by Crippen LogP contribution is 2.18. The quantitative estimate of drug-likeness (QED) is 0.580. The Kier molecular flexibility index (Phi) is 4.15. The van der Waals surface area contributed by atoms with Crippen LogP contribution in [0.1, 0.15) is 20.7 Å². The number of rotatable bonds is 2. The van der Waals surface area contributed by atoms with Crippen molar-refractivity contribution < 1.29 is 24.9 Å². The summed E-state index contributed by atoms with van der Waals surface area (Å²) in [4.78, 5) is 20.8. The molecule has 0 aliphatic rings. The largest absolute Gasteiger partial charge is 0.507 e. The van der Waals surface area contributed by atoms with Gasteiger partial charge >= 0.3 is 11.9 Å². The van der Waals surface area contributed by atoms with Crippen LogP contribution in [-0.2, 0) is 0 Å². The van der Waals surface area contributed by atoms with E-state index in [9.17, 15) is 9.59 Å². The van der Waals surface area contributed by atoms with Gasteiger partial charge in [-0.15, -0.1) is 0 Å². The lowest BCUT2D eigenvalue weighted by Crippen LogP contribution is -2.00. The van der Waals surface area contributed by atoms with E-state index in [1.165, 1.54) is 0 Å². The Balaban J connectivity index is 0.00000169. The molecule has 14 heavy (non-hydrogen) atoms. The number of hydrogen-bond donors (Lipinski definition) is 3. The zero-order valence-corrected chi connectivity index (χ0v) is 6.39. The molecule has 1 rings (SSSR count). The highest BCUT2D eigenvalue weighted by molar-refractivity contribution is 5.94. The van der Waals surface area contributed by atoms with E-state index in [2.05, 4.69) is 0 Å². The number of carbonyl (C=O) groups is 2. The molecule has 74 valence electrons. The second-order valence-electron chi connectivity index (χ2n) is 2.34. The van der Waals surface area contributed by atoms with Crippen LogP contribution in [0.3, 0.4) is 0 Å². The fourth-order valence-corrected chi connectivity index (χ4v) is 0.846. The molecule has 0 saturated heterocycles. The molecule has 5 nitrogen and oxygen atoms in total. The molecule has 0 spiro atoms. The van der Waals surface area contributed by atoms with Crippen LogP contribution in [-0.4, -0.2) is 44.6 Å². The molecule has 3 N–H and O–H groups in total. The molecular weight excluding hydrogens is 203 g/mol. The molecule has 6 heteroatoms. The maximum Gasteiger partial charge on any atom is 0.339 e. The number of hydrogen-bond acceptors (Lipinski definition) is 3. The van der Waals surface area contributed by atoms with Gasteiger partial charge in [0.15, 0.2) is 17.4 Å². The highest BCUT2D eigenvalue weighted by atomic mass is 27.0. The van der Waals surface area contributed by atoms with E-state index < -0.39 is 17.7 Å². The van der Waals surface area contributed by atoms with E-state index in [1.54, 1.807) is 0 Å². The number of carboxylic acids is 2. The molecule has 0 bridgehead atoms. The zero-order valence-electron chi connectivity index (χ0n) is 6.39. The SMILES string of the molecule is O=C(O)c1ccc(C(=O)O)c(O)c1.[AlH3]. The van der Waals surface area contributed by atoms with Crippen molar-refractivity contribution in [3.05, 3.63) is 29.3 Å². The first kappa shape index (κ1) is 12.5. The van der Waals surface area contributed by atoms with Crippen LogP contribution in [0.5, 0.6) is 5.75 Å². The van der Waals surface area contributed by atoms with E-state index in [0.29, 0.717) is 0 Å². The van der Waals surface area contributed by atoms with Crippen molar-refractivity contribution in [1.82, 2.24) is 0 Å². The molecule has 1 aromatic carbocycles. The van der Waals surface area contributed by atoms with Gasteiger partial charge in [0.2, 0.25) is 0 Å². The van der Waals surface area contributed by atoms with Gasteiger partial charge in [-0.2, -0.15) is 0 Å². The Labute approximate surface area is 89.7 Å². The van der Waals surface area contributed by atoms with Crippen molar-refractivity contribution in [3.63, 3.8) is 0 Å². The zero-order chi connectivity index (χ0) is 10.0. The van der Waals surface area contributed by atoms with Crippen LogP contribution < -0.4 is 0 Å². The average molecular weight is 212 g/mol. The van der Waals surface area contributed by atoms with E-state index >= 15 is 0 Å². The van der Waals surface area contributed by atoms with Gasteiger partial charge in [0.25, 0.3) is 0 Å². The van der Waals surface area contributed by atoms with Crippen molar-refractivity contribution in [2.75, 3.05) is 0 Å². The van der Waals surface area contributed by atoms with E-state index in [1.807, 2.05) is 0 Å². The second-order valence-corrected chi connectivity index (χ2v) is 2.34. The molecule has 1 aromatic rings. The molecule has 0 heterocycles. The predicted molar refractivity (Wildman–Crippen MR) is 52.0 cm³/mol. The summed E-state index contributed by atoms with van der Waals surface area (Å²) in [6.07, 6.45) is 0. The lowest BCUT2D eigenvalue weighted by atomic mass is 10.1. The molecule has 0 atom stereocenters. The Morgan fingerprint density at radius 2 is 1.64 bits per heavy atom. The van der Waals surface area contributed by atoms with Crippen LogP contribution in [0.25, 0.3) is 0 Å². The van der Waals surface area contributed by atoms with Crippen LogP contribution in [0.2, 0.25) is 0 Å². The van der Waals surface area contributed by atoms with Crippen molar-refractivity contribution in [3.8, 4) is 5.75 Å². The third-order valence-electron chi connectivity index (χ3n) is 1.48. The van der Waals surface area contributed by atoms with Gasteiger partial charge in [-0.05, 0) is 18.2 Å². The number of benzene rings is 1. The first-order valence-corrected chi connectivity index (χ1v) is 3.32. The smallest absolute Gasteiger partial charge is 0.339 e. The summed E-state index contributed by atoms with van der Waals surface area (Å²) in [5.74, 6) is -3.06. The molecular formula is C8H9AlO5. The number of aromatic hydroxyl groups is 1. The van der Waals surface area contributed by atoms with E-state index in [4.69, 9.17) is 15.3 Å². The molecule has 0 radical (unpaired) electrons. The van der Waals surface area contributed by atoms with Crippen LogP contribution in [0, 0.1) is 0 Å². The van der Waals surface area contributed by atoms with Gasteiger partial charge in [-0.1, -0.05) is 0 Å². The van der Waals surface area contributed by atoms with Crippen LogP contribution in [0.15, 0.2) is 18.2 Å². The van der Waals surface area contributed by atoms with Gasteiger partial charge in [0, 0.05) is 0 Å². The monoisotopic (exact) mass is 212 g/mol. The number of phenols is 1. The highest BCUT2D eigenvalue weighted by Gasteiger charge is 2.11. The summed E-state index contributed by atoms with van der Waals surface area (Å²) in [7, 11) is 0. The number of aromatic carboxylic acids is 2. The van der Waals surface area contributed by atoms with Gasteiger partial charge in [-0.3, -0.25) is 0 Å². The summed E-state index contributed by atoms with van der Waals surface area (Å²) < 4.78 is 0. The molecule has 0 amide bonds. The first-order valence-electron chi connectivity index (χ1n) is 3.32. The fourth-order valence-electron chi connectivity index (χ4n) is 0.846. The first-order chi connectivity index (χ1) is 6.02. The third-order valence-corrected chi connectivity index (χ3v) is 1.48. The Morgan fingerprint density at radius 3 is 2.00 bits per heavy atom. The van der Waals surface area contributed by atoms with Crippen LogP contribution in [0.4, 0.5) is 0 Å². The minimum atomic E-state index is -1.30. The van der Waals surface area contributed by atoms with Gasteiger partial charge < -0.3 is 15.3 Å². The Morgan fingerprint density at radius 1 is 1.07 bits per heavy atom. The maximum absolute atomic E-state index is 10.4. The summed E-state index contributed by atoms with van der Waals surface area (Å²) in [6.45, 7) is 0. The van der Waals surface area contributed by atoms with E-state index in [0.717, 1.165) is 18.2 Å². The van der Waals surface area contributed by atoms with Crippen molar-refractivity contribution >= 4 is 29.3 Å². The standard InChI is InChI=1S/C8H6O5.Al.3H/c9-6-3-4(7(10)11)1-2-5(6)8(12)13;;;;/h1-3,9H,(H,10,11)(H,12,13);;;;. The fraction of sp³-hybridized carbons (Fsp3) is 0. The predicted octanol–water partition coefficient (Wildman–Crippen LogP) is -0.395. The minimum absolute atomic E-state index is 0. The Hall–Kier alpha value is -1.51. The van der Waals surface area contributed by atoms with Gasteiger partial charge in [-0.25, -0.2) is 9.59 Å².